The van der Waals surface area contributed by atoms with Gasteiger partial charge in [0.2, 0.25) is 5.91 Å². The van der Waals surface area contributed by atoms with E-state index in [9.17, 15) is 18.0 Å². The van der Waals surface area contributed by atoms with E-state index in [4.69, 9.17) is 21.7 Å². The van der Waals surface area contributed by atoms with Crippen LogP contribution in [0.15, 0.2) is 53.4 Å². The molecule has 2 rings (SSSR count). The van der Waals surface area contributed by atoms with Crippen molar-refractivity contribution in [3.05, 3.63) is 48.5 Å². The van der Waals surface area contributed by atoms with E-state index in [2.05, 4.69) is 10.6 Å². The molecule has 0 bridgehead atoms. The van der Waals surface area contributed by atoms with Crippen LogP contribution in [0.1, 0.15) is 6.92 Å². The summed E-state index contributed by atoms with van der Waals surface area (Å²) in [5.74, 6) is -0.264. The minimum Gasteiger partial charge on any atom is -0.493 e. The molecule has 2 aromatic carbocycles. The second kappa shape index (κ2) is 9.85. The Morgan fingerprint density at radius 2 is 1.66 bits per heavy atom. The average molecular weight is 437 g/mol. The van der Waals surface area contributed by atoms with E-state index in [-0.39, 0.29) is 16.6 Å². The third-order valence-corrected chi connectivity index (χ3v) is 5.03. The highest BCUT2D eigenvalue weighted by Crippen LogP contribution is 2.25. The normalized spacial score (nSPS) is 10.6. The third-order valence-electron chi connectivity index (χ3n) is 3.38. The molecule has 0 unspecified atom stereocenters. The number of hydrogen-bond donors (Lipinski definition) is 3. The fourth-order valence-electron chi connectivity index (χ4n) is 2.17. The van der Waals surface area contributed by atoms with Crippen LogP contribution >= 0.6 is 12.2 Å². The van der Waals surface area contributed by atoms with E-state index in [0.717, 1.165) is 6.92 Å². The van der Waals surface area contributed by atoms with Crippen LogP contribution in [0.5, 0.6) is 11.5 Å². The molecule has 0 fully saturated rings. The van der Waals surface area contributed by atoms with Crippen molar-refractivity contribution in [2.24, 2.45) is 0 Å². The maximum atomic E-state index is 12.0. The highest BCUT2D eigenvalue weighted by molar-refractivity contribution is 7.90. The van der Waals surface area contributed by atoms with Crippen LogP contribution < -0.4 is 24.8 Å². The van der Waals surface area contributed by atoms with E-state index < -0.39 is 21.8 Å². The first-order valence-corrected chi connectivity index (χ1v) is 10.1. The lowest BCUT2D eigenvalue weighted by Crippen LogP contribution is -2.37. The second-order valence-corrected chi connectivity index (χ2v) is 7.72. The van der Waals surface area contributed by atoms with Crippen molar-refractivity contribution in [1.82, 2.24) is 10.0 Å². The number of rotatable bonds is 7. The number of anilines is 1. The molecule has 0 aliphatic rings. The van der Waals surface area contributed by atoms with E-state index in [1.165, 1.54) is 31.4 Å². The maximum absolute atomic E-state index is 12.0. The Morgan fingerprint density at radius 3 is 2.24 bits per heavy atom. The number of para-hydroxylation sites is 2. The number of benzene rings is 2. The molecule has 0 atom stereocenters. The van der Waals surface area contributed by atoms with Crippen LogP contribution in [0.2, 0.25) is 0 Å². The van der Waals surface area contributed by atoms with Crippen LogP contribution in [0.4, 0.5) is 5.69 Å². The third kappa shape index (κ3) is 6.73. The topological polar surface area (TPSA) is 123 Å². The number of hydrogen-bond acceptors (Lipinski definition) is 7. The summed E-state index contributed by atoms with van der Waals surface area (Å²) in [6.07, 6.45) is 0. The molecule has 0 aromatic heterocycles. The number of methoxy groups -OCH3 is 1. The summed E-state index contributed by atoms with van der Waals surface area (Å²) in [5.41, 5.74) is 0.447. The van der Waals surface area contributed by atoms with Gasteiger partial charge in [-0.2, -0.15) is 0 Å². The summed E-state index contributed by atoms with van der Waals surface area (Å²) in [4.78, 5) is 22.8. The fourth-order valence-corrected chi connectivity index (χ4v) is 3.39. The zero-order valence-electron chi connectivity index (χ0n) is 15.6. The lowest BCUT2D eigenvalue weighted by Gasteiger charge is -2.12. The number of sulfonamides is 1. The van der Waals surface area contributed by atoms with Gasteiger partial charge in [0.25, 0.3) is 15.9 Å². The van der Waals surface area contributed by atoms with E-state index in [0.29, 0.717) is 17.2 Å². The predicted octanol–water partition coefficient (Wildman–Crippen LogP) is 1.41. The first-order chi connectivity index (χ1) is 13.7. The van der Waals surface area contributed by atoms with Gasteiger partial charge in [0, 0.05) is 12.6 Å². The Bertz CT molecular complexity index is 1010. The Hall–Kier alpha value is -3.18. The van der Waals surface area contributed by atoms with Crippen LogP contribution in [0, 0.1) is 0 Å². The number of amides is 2. The van der Waals surface area contributed by atoms with Gasteiger partial charge in [-0.1, -0.05) is 12.1 Å². The van der Waals surface area contributed by atoms with Gasteiger partial charge < -0.3 is 14.8 Å². The molecule has 0 radical (unpaired) electrons. The zero-order chi connectivity index (χ0) is 21.4. The minimum absolute atomic E-state index is 0.0103. The molecule has 154 valence electrons. The Labute approximate surface area is 173 Å². The van der Waals surface area contributed by atoms with Gasteiger partial charge in [-0.05, 0) is 48.6 Å². The van der Waals surface area contributed by atoms with Crippen molar-refractivity contribution < 1.29 is 27.5 Å². The fraction of sp³-hybridized carbons (Fsp3) is 0.167. The number of carbonyl (C=O) groups is 2. The van der Waals surface area contributed by atoms with Gasteiger partial charge >= 0.3 is 0 Å². The Morgan fingerprint density at radius 1 is 1.03 bits per heavy atom. The molecule has 0 spiro atoms. The van der Waals surface area contributed by atoms with Gasteiger partial charge in [0.05, 0.1) is 12.0 Å². The molecule has 2 aromatic rings. The quantitative estimate of drug-likeness (QED) is 0.556. The second-order valence-electron chi connectivity index (χ2n) is 5.63. The number of nitrogens with one attached hydrogen (secondary N) is 3. The van der Waals surface area contributed by atoms with Crippen LogP contribution in [-0.2, 0) is 19.6 Å². The Balaban J connectivity index is 1.88. The summed E-state index contributed by atoms with van der Waals surface area (Å²) in [6, 6.07) is 12.4. The number of thiocarbonyl (C=S) groups is 1. The first kappa shape index (κ1) is 22.1. The van der Waals surface area contributed by atoms with Gasteiger partial charge in [0.15, 0.2) is 23.2 Å². The van der Waals surface area contributed by atoms with Crippen molar-refractivity contribution in [3.63, 3.8) is 0 Å². The summed E-state index contributed by atoms with van der Waals surface area (Å²) in [7, 11) is -2.43. The monoisotopic (exact) mass is 437 g/mol. The molecule has 3 N–H and O–H groups in total. The van der Waals surface area contributed by atoms with Gasteiger partial charge in [-0.25, -0.2) is 13.1 Å². The van der Waals surface area contributed by atoms with Gasteiger partial charge in [-0.3, -0.25) is 14.9 Å². The molecule has 9 nitrogen and oxygen atoms in total. The molecule has 0 aliphatic heterocycles. The lowest BCUT2D eigenvalue weighted by atomic mass is 10.3. The van der Waals surface area contributed by atoms with E-state index >= 15 is 0 Å². The lowest BCUT2D eigenvalue weighted by molar-refractivity contribution is -0.121. The maximum Gasteiger partial charge on any atom is 0.264 e. The number of carbonyl (C=O) groups excluding carboxylic acids is 2. The molecule has 0 heterocycles. The van der Waals surface area contributed by atoms with Crippen LogP contribution in [0.25, 0.3) is 0 Å². The molecular weight excluding hydrogens is 418 g/mol. The first-order valence-electron chi connectivity index (χ1n) is 8.21. The molecule has 11 heteroatoms. The molecule has 0 aliphatic carbocycles. The van der Waals surface area contributed by atoms with Gasteiger partial charge in [-0.15, -0.1) is 0 Å². The largest absolute Gasteiger partial charge is 0.493 e. The van der Waals surface area contributed by atoms with Crippen LogP contribution in [-0.4, -0.2) is 39.1 Å². The number of ether oxygens (including phenoxy) is 2. The molecule has 0 saturated carbocycles. The summed E-state index contributed by atoms with van der Waals surface area (Å²) < 4.78 is 36.2. The van der Waals surface area contributed by atoms with E-state index in [1.54, 1.807) is 24.3 Å². The van der Waals surface area contributed by atoms with Crippen molar-refractivity contribution in [1.29, 1.82) is 0 Å². The molecular formula is C18H19N3O6S2. The minimum atomic E-state index is -3.92. The molecule has 0 saturated heterocycles. The SMILES string of the molecule is COc1ccccc1OCC(=O)NC(=S)Nc1ccc(S(=O)(=O)NC(C)=O)cc1. The summed E-state index contributed by atoms with van der Waals surface area (Å²) in [5, 5.41) is 5.21. The van der Waals surface area contributed by atoms with Crippen LogP contribution in [0.3, 0.4) is 0 Å². The summed E-state index contributed by atoms with van der Waals surface area (Å²) >= 11 is 5.06. The van der Waals surface area contributed by atoms with Crippen molar-refractivity contribution in [3.8, 4) is 11.5 Å². The van der Waals surface area contributed by atoms with E-state index in [1.807, 2.05) is 4.72 Å². The highest BCUT2D eigenvalue weighted by Gasteiger charge is 2.15. The van der Waals surface area contributed by atoms with Crippen molar-refractivity contribution in [2.75, 3.05) is 19.0 Å². The smallest absolute Gasteiger partial charge is 0.264 e. The zero-order valence-corrected chi connectivity index (χ0v) is 17.2. The summed E-state index contributed by atoms with van der Waals surface area (Å²) in [6.45, 7) is 0.822. The standard InChI is InChI=1S/C18H19N3O6S2/c1-12(22)21-29(24,25)14-9-7-13(8-10-14)19-18(28)20-17(23)11-27-16-6-4-3-5-15(16)26-2/h3-10H,11H2,1-2H3,(H,21,22)(H2,19,20,23,28). The van der Waals surface area contributed by atoms with Crippen molar-refractivity contribution >= 4 is 44.9 Å². The Kier molecular flexibility index (Phi) is 7.51. The highest BCUT2D eigenvalue weighted by atomic mass is 32.2. The molecule has 2 amide bonds. The average Bonchev–Trinajstić information content (AvgIpc) is 2.66. The predicted molar refractivity (Wildman–Crippen MR) is 110 cm³/mol. The molecule has 29 heavy (non-hydrogen) atoms. The van der Waals surface area contributed by atoms with Gasteiger partial charge in [0.1, 0.15) is 0 Å². The van der Waals surface area contributed by atoms with Crippen molar-refractivity contribution in [2.45, 2.75) is 11.8 Å².